The van der Waals surface area contributed by atoms with E-state index >= 15 is 0 Å². The largest absolute Gasteiger partial charge is 0.497 e. The van der Waals surface area contributed by atoms with Crippen molar-refractivity contribution in [3.63, 3.8) is 0 Å². The Balaban J connectivity index is 2.29. The molecule has 0 amide bonds. The second-order valence-electron chi connectivity index (χ2n) is 5.21. The normalized spacial score (nSPS) is 11.4. The van der Waals surface area contributed by atoms with Crippen LogP contribution in [0.1, 0.15) is 11.1 Å². The summed E-state index contributed by atoms with van der Waals surface area (Å²) in [6.07, 6.45) is -4.53. The van der Waals surface area contributed by atoms with Gasteiger partial charge in [0.1, 0.15) is 11.8 Å². The summed E-state index contributed by atoms with van der Waals surface area (Å²) >= 11 is 6.22. The molecule has 0 radical (unpaired) electrons. The first-order chi connectivity index (χ1) is 11.8. The zero-order valence-electron chi connectivity index (χ0n) is 12.9. The Morgan fingerprint density at radius 1 is 1.16 bits per heavy atom. The molecule has 2 aromatic carbocycles. The maximum atomic E-state index is 13.2. The van der Waals surface area contributed by atoms with Gasteiger partial charge in [0, 0.05) is 10.9 Å². The molecule has 1 aromatic heterocycles. The number of benzene rings is 2. The molecular weight excluding hydrogens is 353 g/mol. The van der Waals surface area contributed by atoms with Crippen molar-refractivity contribution in [1.29, 1.82) is 5.26 Å². The van der Waals surface area contributed by atoms with Gasteiger partial charge in [-0.1, -0.05) is 17.7 Å². The predicted octanol–water partition coefficient (Wildman–Crippen LogP) is 5.45. The number of fused-ring (bicyclic) bond motifs is 1. The molecule has 126 valence electrons. The minimum atomic E-state index is -4.53. The molecule has 0 aliphatic carbocycles. The van der Waals surface area contributed by atoms with Crippen LogP contribution in [0.5, 0.6) is 5.75 Å². The summed E-state index contributed by atoms with van der Waals surface area (Å²) in [5.41, 5.74) is -0.0198. The third-order valence-electron chi connectivity index (χ3n) is 3.72. The van der Waals surface area contributed by atoms with E-state index in [2.05, 4.69) is 4.98 Å². The lowest BCUT2D eigenvalue weighted by Gasteiger charge is -2.13. The molecule has 3 nitrogen and oxygen atoms in total. The third-order valence-corrected chi connectivity index (χ3v) is 4.03. The molecule has 0 N–H and O–H groups in total. The van der Waals surface area contributed by atoms with Crippen molar-refractivity contribution in [3.05, 3.63) is 58.6 Å². The summed E-state index contributed by atoms with van der Waals surface area (Å²) in [5.74, 6) is 0.521. The fourth-order valence-corrected chi connectivity index (χ4v) is 2.81. The van der Waals surface area contributed by atoms with E-state index in [0.717, 1.165) is 6.07 Å². The Morgan fingerprint density at radius 2 is 1.92 bits per heavy atom. The zero-order chi connectivity index (χ0) is 18.2. The fraction of sp³-hybridized carbons (Fsp3) is 0.111. The van der Waals surface area contributed by atoms with E-state index in [0.29, 0.717) is 11.3 Å². The summed E-state index contributed by atoms with van der Waals surface area (Å²) in [5, 5.41) is 9.55. The second-order valence-corrected chi connectivity index (χ2v) is 5.62. The Labute approximate surface area is 146 Å². The van der Waals surface area contributed by atoms with Gasteiger partial charge < -0.3 is 4.74 Å². The first kappa shape index (κ1) is 17.1. The van der Waals surface area contributed by atoms with Crippen LogP contribution in [0.15, 0.2) is 42.5 Å². The average Bonchev–Trinajstić information content (AvgIpc) is 2.59. The van der Waals surface area contributed by atoms with Crippen molar-refractivity contribution in [1.82, 2.24) is 4.98 Å². The van der Waals surface area contributed by atoms with Crippen molar-refractivity contribution < 1.29 is 17.9 Å². The van der Waals surface area contributed by atoms with Crippen LogP contribution in [0.4, 0.5) is 13.2 Å². The Bertz CT molecular complexity index is 1010. The SMILES string of the molecule is COc1ccc(-c2nc3cccc(C(F)(F)F)c3cc2C#N)c(Cl)c1. The minimum Gasteiger partial charge on any atom is -0.497 e. The molecule has 0 aliphatic heterocycles. The number of pyridine rings is 1. The van der Waals surface area contributed by atoms with Crippen molar-refractivity contribution in [2.75, 3.05) is 7.11 Å². The summed E-state index contributed by atoms with van der Waals surface area (Å²) in [6.45, 7) is 0. The maximum absolute atomic E-state index is 13.2. The number of alkyl halides is 3. The minimum absolute atomic E-state index is 0.0104. The van der Waals surface area contributed by atoms with E-state index in [9.17, 15) is 18.4 Å². The molecule has 0 bridgehead atoms. The third kappa shape index (κ3) is 3.11. The Hall–Kier alpha value is -2.78. The fourth-order valence-electron chi connectivity index (χ4n) is 2.55. The number of ether oxygens (including phenoxy) is 1. The highest BCUT2D eigenvalue weighted by molar-refractivity contribution is 6.33. The summed E-state index contributed by atoms with van der Waals surface area (Å²) < 4.78 is 44.6. The molecule has 0 atom stereocenters. The van der Waals surface area contributed by atoms with Gasteiger partial charge in [-0.15, -0.1) is 0 Å². The molecule has 3 rings (SSSR count). The van der Waals surface area contributed by atoms with Gasteiger partial charge in [0.05, 0.1) is 34.5 Å². The first-order valence-electron chi connectivity index (χ1n) is 7.10. The summed E-state index contributed by atoms with van der Waals surface area (Å²) in [7, 11) is 1.49. The van der Waals surface area contributed by atoms with Gasteiger partial charge in [-0.05, 0) is 36.4 Å². The van der Waals surface area contributed by atoms with Gasteiger partial charge in [-0.25, -0.2) is 4.98 Å². The molecule has 0 fully saturated rings. The number of halogens is 4. The molecule has 0 unspecified atom stereocenters. The lowest BCUT2D eigenvalue weighted by atomic mass is 10.0. The van der Waals surface area contributed by atoms with Gasteiger partial charge in [-0.3, -0.25) is 0 Å². The van der Waals surface area contributed by atoms with E-state index in [4.69, 9.17) is 16.3 Å². The highest BCUT2D eigenvalue weighted by Gasteiger charge is 2.33. The molecule has 7 heteroatoms. The monoisotopic (exact) mass is 362 g/mol. The quantitative estimate of drug-likeness (QED) is 0.608. The molecule has 1 heterocycles. The Kier molecular flexibility index (Phi) is 4.27. The van der Waals surface area contributed by atoms with Crippen LogP contribution >= 0.6 is 11.6 Å². The lowest BCUT2D eigenvalue weighted by molar-refractivity contribution is -0.136. The van der Waals surface area contributed by atoms with Crippen LogP contribution in [0.2, 0.25) is 5.02 Å². The van der Waals surface area contributed by atoms with E-state index in [1.165, 1.54) is 25.3 Å². The van der Waals surface area contributed by atoms with Crippen LogP contribution in [0.25, 0.3) is 22.2 Å². The molecule has 3 aromatic rings. The number of hydrogen-bond donors (Lipinski definition) is 0. The number of rotatable bonds is 2. The van der Waals surface area contributed by atoms with Crippen molar-refractivity contribution in [3.8, 4) is 23.1 Å². The molecule has 0 saturated carbocycles. The number of nitriles is 1. The highest BCUT2D eigenvalue weighted by Crippen LogP contribution is 2.37. The van der Waals surface area contributed by atoms with Gasteiger partial charge in [0.25, 0.3) is 0 Å². The molecular formula is C18H10ClF3N2O. The lowest BCUT2D eigenvalue weighted by Crippen LogP contribution is -2.06. The summed E-state index contributed by atoms with van der Waals surface area (Å²) in [4.78, 5) is 4.26. The average molecular weight is 363 g/mol. The van der Waals surface area contributed by atoms with Crippen LogP contribution < -0.4 is 4.74 Å². The second kappa shape index (κ2) is 6.26. The van der Waals surface area contributed by atoms with E-state index in [1.807, 2.05) is 6.07 Å². The highest BCUT2D eigenvalue weighted by atomic mass is 35.5. The molecule has 0 spiro atoms. The van der Waals surface area contributed by atoms with E-state index in [-0.39, 0.29) is 27.2 Å². The molecule has 0 saturated heterocycles. The number of aromatic nitrogens is 1. The van der Waals surface area contributed by atoms with Gasteiger partial charge in [-0.2, -0.15) is 18.4 Å². The van der Waals surface area contributed by atoms with E-state index < -0.39 is 11.7 Å². The van der Waals surface area contributed by atoms with Gasteiger partial charge >= 0.3 is 6.18 Å². The number of nitrogens with zero attached hydrogens (tertiary/aromatic N) is 2. The van der Waals surface area contributed by atoms with Crippen molar-refractivity contribution >= 4 is 22.5 Å². The van der Waals surface area contributed by atoms with E-state index in [1.54, 1.807) is 18.2 Å². The van der Waals surface area contributed by atoms with Crippen LogP contribution in [-0.4, -0.2) is 12.1 Å². The zero-order valence-corrected chi connectivity index (χ0v) is 13.6. The number of hydrogen-bond acceptors (Lipinski definition) is 3. The number of methoxy groups -OCH3 is 1. The topological polar surface area (TPSA) is 45.9 Å². The smallest absolute Gasteiger partial charge is 0.417 e. The van der Waals surface area contributed by atoms with Crippen LogP contribution in [0.3, 0.4) is 0 Å². The van der Waals surface area contributed by atoms with Crippen LogP contribution in [-0.2, 0) is 6.18 Å². The van der Waals surface area contributed by atoms with Crippen molar-refractivity contribution in [2.24, 2.45) is 0 Å². The first-order valence-corrected chi connectivity index (χ1v) is 7.48. The maximum Gasteiger partial charge on any atom is 0.417 e. The van der Waals surface area contributed by atoms with Gasteiger partial charge in [0.2, 0.25) is 0 Å². The van der Waals surface area contributed by atoms with Crippen LogP contribution in [0, 0.1) is 11.3 Å². The molecule has 25 heavy (non-hydrogen) atoms. The van der Waals surface area contributed by atoms with Crippen molar-refractivity contribution in [2.45, 2.75) is 6.18 Å². The standard InChI is InChI=1S/C18H10ClF3N2O/c1-25-11-5-6-12(15(19)8-11)17-10(9-23)7-13-14(18(20,21)22)3-2-4-16(13)24-17/h2-8H,1H3. The Morgan fingerprint density at radius 3 is 2.52 bits per heavy atom. The predicted molar refractivity (Wildman–Crippen MR) is 88.5 cm³/mol. The molecule has 0 aliphatic rings. The van der Waals surface area contributed by atoms with Gasteiger partial charge in [0.15, 0.2) is 0 Å². The summed E-state index contributed by atoms with van der Waals surface area (Å²) in [6, 6.07) is 11.6.